The Morgan fingerprint density at radius 3 is 2.61 bits per heavy atom. The molecule has 1 heterocycles. The zero-order valence-electron chi connectivity index (χ0n) is 11.2. The van der Waals surface area contributed by atoms with Crippen LogP contribution in [0.4, 0.5) is 0 Å². The first kappa shape index (κ1) is 12.8. The minimum Gasteiger partial charge on any atom is -0.392 e. The van der Waals surface area contributed by atoms with Gasteiger partial charge in [0.1, 0.15) is 5.82 Å². The highest BCUT2D eigenvalue weighted by molar-refractivity contribution is 5.30. The maximum absolute atomic E-state index is 10.1. The van der Waals surface area contributed by atoms with Crippen molar-refractivity contribution in [3.05, 3.63) is 53.1 Å². The Morgan fingerprint density at radius 1 is 1.22 bits per heavy atom. The minimum absolute atomic E-state index is 0.381. The minimum atomic E-state index is -0.381. The zero-order valence-corrected chi connectivity index (χ0v) is 11.2. The van der Waals surface area contributed by atoms with E-state index < -0.39 is 0 Å². The first-order chi connectivity index (χ1) is 8.56. The number of benzene rings is 1. The number of hydrogen-bond acceptors (Lipinski definition) is 2. The van der Waals surface area contributed by atoms with Gasteiger partial charge in [-0.15, -0.1) is 0 Å². The fourth-order valence-electron chi connectivity index (χ4n) is 2.08. The van der Waals surface area contributed by atoms with Crippen LogP contribution in [-0.4, -0.2) is 20.8 Å². The number of aromatic nitrogens is 2. The maximum Gasteiger partial charge on any atom is 0.110 e. The van der Waals surface area contributed by atoms with Gasteiger partial charge in [-0.1, -0.05) is 18.2 Å². The van der Waals surface area contributed by atoms with Gasteiger partial charge in [0.2, 0.25) is 0 Å². The van der Waals surface area contributed by atoms with Gasteiger partial charge < -0.3 is 9.67 Å². The van der Waals surface area contributed by atoms with Crippen LogP contribution in [0.25, 0.3) is 0 Å². The van der Waals surface area contributed by atoms with E-state index in [1.807, 2.05) is 17.8 Å². The third kappa shape index (κ3) is 2.99. The molecule has 1 atom stereocenters. The monoisotopic (exact) mass is 244 g/mol. The van der Waals surface area contributed by atoms with Crippen LogP contribution in [0, 0.1) is 13.8 Å². The quantitative estimate of drug-likeness (QED) is 0.895. The van der Waals surface area contributed by atoms with Gasteiger partial charge in [0, 0.05) is 25.9 Å². The lowest BCUT2D eigenvalue weighted by Gasteiger charge is -2.11. The Hall–Kier alpha value is -1.61. The predicted molar refractivity (Wildman–Crippen MR) is 72.5 cm³/mol. The predicted octanol–water partition coefficient (Wildman–Crippen LogP) is 2.18. The van der Waals surface area contributed by atoms with Crippen molar-refractivity contribution in [2.75, 3.05) is 0 Å². The smallest absolute Gasteiger partial charge is 0.110 e. The summed E-state index contributed by atoms with van der Waals surface area (Å²) in [5.41, 5.74) is 3.74. The average Bonchev–Trinajstić information content (AvgIpc) is 2.70. The van der Waals surface area contributed by atoms with Crippen LogP contribution in [0.1, 0.15) is 22.5 Å². The molecule has 2 rings (SSSR count). The lowest BCUT2D eigenvalue weighted by Crippen LogP contribution is -2.16. The molecule has 2 aromatic rings. The maximum atomic E-state index is 10.1. The Balaban J connectivity index is 2.01. The van der Waals surface area contributed by atoms with E-state index in [1.54, 1.807) is 6.20 Å². The second-order valence-electron chi connectivity index (χ2n) is 4.94. The van der Waals surface area contributed by atoms with E-state index in [0.717, 1.165) is 5.82 Å². The second kappa shape index (κ2) is 5.36. The number of aliphatic hydroxyl groups is 1. The molecule has 1 aromatic heterocycles. The molecule has 1 unspecified atom stereocenters. The summed E-state index contributed by atoms with van der Waals surface area (Å²) in [7, 11) is 1.95. The summed E-state index contributed by atoms with van der Waals surface area (Å²) in [5.74, 6) is 0.923. The molecule has 0 fully saturated rings. The van der Waals surface area contributed by atoms with Crippen LogP contribution >= 0.6 is 0 Å². The standard InChI is InChI=1S/C15H20N2O/c1-11-4-5-13(8-12(11)2)9-14(18)10-15-16-6-7-17(15)3/h4-8,14,18H,9-10H2,1-3H3. The molecule has 0 aliphatic rings. The summed E-state index contributed by atoms with van der Waals surface area (Å²) < 4.78 is 1.95. The molecule has 0 radical (unpaired) electrons. The molecular formula is C15H20N2O. The molecule has 0 spiro atoms. The van der Waals surface area contributed by atoms with Crippen LogP contribution in [-0.2, 0) is 19.9 Å². The lowest BCUT2D eigenvalue weighted by atomic mass is 10.0. The van der Waals surface area contributed by atoms with Gasteiger partial charge in [0.25, 0.3) is 0 Å². The van der Waals surface area contributed by atoms with E-state index in [0.29, 0.717) is 12.8 Å². The molecule has 0 aliphatic carbocycles. The number of imidazole rings is 1. The van der Waals surface area contributed by atoms with Gasteiger partial charge in [-0.2, -0.15) is 0 Å². The van der Waals surface area contributed by atoms with Gasteiger partial charge in [0.15, 0.2) is 0 Å². The summed E-state index contributed by atoms with van der Waals surface area (Å²) in [6, 6.07) is 6.35. The molecular weight excluding hydrogens is 224 g/mol. The summed E-state index contributed by atoms with van der Waals surface area (Å²) >= 11 is 0. The second-order valence-corrected chi connectivity index (χ2v) is 4.94. The van der Waals surface area contributed by atoms with Crippen LogP contribution in [0.3, 0.4) is 0 Å². The third-order valence-electron chi connectivity index (χ3n) is 3.38. The van der Waals surface area contributed by atoms with Crippen molar-refractivity contribution in [3.8, 4) is 0 Å². The third-order valence-corrected chi connectivity index (χ3v) is 3.38. The molecule has 0 saturated carbocycles. The van der Waals surface area contributed by atoms with E-state index in [2.05, 4.69) is 37.0 Å². The Labute approximate surface area is 108 Å². The summed E-state index contributed by atoms with van der Waals surface area (Å²) in [6.45, 7) is 4.20. The molecule has 3 heteroatoms. The molecule has 96 valence electrons. The van der Waals surface area contributed by atoms with E-state index in [4.69, 9.17) is 0 Å². The normalized spacial score (nSPS) is 12.7. The molecule has 0 bridgehead atoms. The number of aliphatic hydroxyl groups excluding tert-OH is 1. The topological polar surface area (TPSA) is 38.1 Å². The molecule has 3 nitrogen and oxygen atoms in total. The van der Waals surface area contributed by atoms with Crippen molar-refractivity contribution in [2.24, 2.45) is 7.05 Å². The molecule has 0 amide bonds. The highest BCUT2D eigenvalue weighted by atomic mass is 16.3. The van der Waals surface area contributed by atoms with Crippen LogP contribution in [0.15, 0.2) is 30.6 Å². The van der Waals surface area contributed by atoms with Crippen LogP contribution < -0.4 is 0 Å². The highest BCUT2D eigenvalue weighted by Gasteiger charge is 2.10. The number of hydrogen-bond donors (Lipinski definition) is 1. The lowest BCUT2D eigenvalue weighted by molar-refractivity contribution is 0.172. The van der Waals surface area contributed by atoms with Crippen molar-refractivity contribution in [1.82, 2.24) is 9.55 Å². The Bertz CT molecular complexity index is 531. The number of aryl methyl sites for hydroxylation is 3. The molecule has 18 heavy (non-hydrogen) atoms. The van der Waals surface area contributed by atoms with Gasteiger partial charge in [-0.3, -0.25) is 0 Å². The molecule has 0 aliphatic heterocycles. The van der Waals surface area contributed by atoms with Gasteiger partial charge in [0.05, 0.1) is 6.10 Å². The summed E-state index contributed by atoms with van der Waals surface area (Å²) in [6.07, 6.45) is 4.55. The molecule has 1 aromatic carbocycles. The van der Waals surface area contributed by atoms with Crippen molar-refractivity contribution in [2.45, 2.75) is 32.8 Å². The van der Waals surface area contributed by atoms with E-state index in [9.17, 15) is 5.11 Å². The fraction of sp³-hybridized carbons (Fsp3) is 0.400. The summed E-state index contributed by atoms with van der Waals surface area (Å²) in [5, 5.41) is 10.1. The van der Waals surface area contributed by atoms with E-state index >= 15 is 0 Å². The fourth-order valence-corrected chi connectivity index (χ4v) is 2.08. The van der Waals surface area contributed by atoms with Crippen molar-refractivity contribution >= 4 is 0 Å². The van der Waals surface area contributed by atoms with E-state index in [1.165, 1.54) is 16.7 Å². The van der Waals surface area contributed by atoms with Gasteiger partial charge >= 0.3 is 0 Å². The average molecular weight is 244 g/mol. The van der Waals surface area contributed by atoms with Gasteiger partial charge in [-0.05, 0) is 37.0 Å². The Morgan fingerprint density at radius 2 is 2.00 bits per heavy atom. The first-order valence-electron chi connectivity index (χ1n) is 6.26. The number of rotatable bonds is 4. The Kier molecular flexibility index (Phi) is 3.82. The van der Waals surface area contributed by atoms with Crippen LogP contribution in [0.2, 0.25) is 0 Å². The van der Waals surface area contributed by atoms with Crippen molar-refractivity contribution in [1.29, 1.82) is 0 Å². The summed E-state index contributed by atoms with van der Waals surface area (Å²) in [4.78, 5) is 4.23. The van der Waals surface area contributed by atoms with Crippen molar-refractivity contribution in [3.63, 3.8) is 0 Å². The highest BCUT2D eigenvalue weighted by Crippen LogP contribution is 2.13. The van der Waals surface area contributed by atoms with Gasteiger partial charge in [-0.25, -0.2) is 4.98 Å². The van der Waals surface area contributed by atoms with Crippen molar-refractivity contribution < 1.29 is 5.11 Å². The molecule has 0 saturated heterocycles. The SMILES string of the molecule is Cc1ccc(CC(O)Cc2nccn2C)cc1C. The first-order valence-corrected chi connectivity index (χ1v) is 6.26. The largest absolute Gasteiger partial charge is 0.392 e. The zero-order chi connectivity index (χ0) is 13.1. The van der Waals surface area contributed by atoms with E-state index in [-0.39, 0.29) is 6.10 Å². The number of nitrogens with zero attached hydrogens (tertiary/aromatic N) is 2. The molecule has 1 N–H and O–H groups in total. The van der Waals surface area contributed by atoms with Crippen LogP contribution in [0.5, 0.6) is 0 Å².